The number of amides is 2. The van der Waals surface area contributed by atoms with Crippen LogP contribution in [0.2, 0.25) is 0 Å². The van der Waals surface area contributed by atoms with Crippen molar-refractivity contribution >= 4 is 17.5 Å². The minimum absolute atomic E-state index is 0.108. The summed E-state index contributed by atoms with van der Waals surface area (Å²) in [6, 6.07) is 5.23. The topological polar surface area (TPSA) is 78.4 Å². The lowest BCUT2D eigenvalue weighted by Crippen LogP contribution is -2.36. The van der Waals surface area contributed by atoms with Gasteiger partial charge in [0.2, 0.25) is 5.91 Å². The Labute approximate surface area is 131 Å². The van der Waals surface area contributed by atoms with Crippen LogP contribution in [0.1, 0.15) is 54.4 Å². The molecule has 1 aliphatic carbocycles. The number of anilines is 1. The molecule has 0 unspecified atom stereocenters. The molecule has 3 N–H and O–H groups in total. The molecule has 2 rings (SSSR count). The van der Waals surface area contributed by atoms with Crippen LogP contribution in [-0.2, 0) is 4.79 Å². The molecule has 0 aliphatic heterocycles. The van der Waals surface area contributed by atoms with E-state index in [1.807, 2.05) is 0 Å². The third-order valence-electron chi connectivity index (χ3n) is 4.35. The normalized spacial score (nSPS) is 16.9. The first-order valence-electron chi connectivity index (χ1n) is 7.79. The summed E-state index contributed by atoms with van der Waals surface area (Å²) in [6.45, 7) is 1.80. The zero-order chi connectivity index (χ0) is 16.2. The maximum absolute atomic E-state index is 12.2. The number of nitrogens with one attached hydrogen (secondary N) is 2. The van der Waals surface area contributed by atoms with Gasteiger partial charge in [-0.25, -0.2) is 0 Å². The number of carbonyl (C=O) groups is 2. The molecule has 2 amide bonds. The standard InChI is InChI=1S/C17H24N2O3/c1-12-13(16(21)18-2)7-6-8-14(12)19-15(20)11-17(22)9-4-3-5-10-17/h6-8,22H,3-5,9-11H2,1-2H3,(H,18,21)(H,19,20). The van der Waals surface area contributed by atoms with Crippen LogP contribution in [0, 0.1) is 6.92 Å². The Morgan fingerprint density at radius 1 is 1.23 bits per heavy atom. The Bertz CT molecular complexity index is 563. The monoisotopic (exact) mass is 304 g/mol. The van der Waals surface area contributed by atoms with Crippen LogP contribution >= 0.6 is 0 Å². The van der Waals surface area contributed by atoms with Crippen molar-refractivity contribution in [3.63, 3.8) is 0 Å². The zero-order valence-corrected chi connectivity index (χ0v) is 13.2. The molecule has 1 saturated carbocycles. The highest BCUT2D eigenvalue weighted by Crippen LogP contribution is 2.31. The van der Waals surface area contributed by atoms with Crippen molar-refractivity contribution < 1.29 is 14.7 Å². The van der Waals surface area contributed by atoms with E-state index < -0.39 is 5.60 Å². The van der Waals surface area contributed by atoms with Gasteiger partial charge in [-0.2, -0.15) is 0 Å². The van der Waals surface area contributed by atoms with Crippen LogP contribution in [0.4, 0.5) is 5.69 Å². The average Bonchev–Trinajstić information content (AvgIpc) is 2.48. The second-order valence-electron chi connectivity index (χ2n) is 6.07. The molecule has 120 valence electrons. The van der Waals surface area contributed by atoms with Gasteiger partial charge >= 0.3 is 0 Å². The van der Waals surface area contributed by atoms with E-state index in [1.54, 1.807) is 32.2 Å². The molecular formula is C17H24N2O3. The first-order chi connectivity index (χ1) is 10.4. The number of aliphatic hydroxyl groups is 1. The van der Waals surface area contributed by atoms with Gasteiger partial charge in [-0.3, -0.25) is 9.59 Å². The fraction of sp³-hybridized carbons (Fsp3) is 0.529. The lowest BCUT2D eigenvalue weighted by atomic mass is 9.82. The van der Waals surface area contributed by atoms with E-state index in [0.717, 1.165) is 24.8 Å². The van der Waals surface area contributed by atoms with Crippen LogP contribution in [0.25, 0.3) is 0 Å². The molecule has 0 radical (unpaired) electrons. The highest BCUT2D eigenvalue weighted by Gasteiger charge is 2.31. The quantitative estimate of drug-likeness (QED) is 0.799. The summed E-state index contributed by atoms with van der Waals surface area (Å²) in [4.78, 5) is 24.0. The third kappa shape index (κ3) is 3.85. The van der Waals surface area contributed by atoms with E-state index in [4.69, 9.17) is 0 Å². The number of rotatable bonds is 4. The van der Waals surface area contributed by atoms with Gasteiger partial charge in [0, 0.05) is 18.3 Å². The summed E-state index contributed by atoms with van der Waals surface area (Å²) in [6.07, 6.45) is 4.52. The molecular weight excluding hydrogens is 280 g/mol. The Hall–Kier alpha value is -1.88. The predicted molar refractivity (Wildman–Crippen MR) is 85.9 cm³/mol. The van der Waals surface area contributed by atoms with E-state index >= 15 is 0 Å². The van der Waals surface area contributed by atoms with Crippen LogP contribution in [0.5, 0.6) is 0 Å². The number of hydrogen-bond donors (Lipinski definition) is 3. The zero-order valence-electron chi connectivity index (χ0n) is 13.2. The fourth-order valence-electron chi connectivity index (χ4n) is 3.03. The molecule has 1 aromatic rings. The summed E-state index contributed by atoms with van der Waals surface area (Å²) in [5.74, 6) is -0.388. The minimum Gasteiger partial charge on any atom is -0.389 e. The van der Waals surface area contributed by atoms with Crippen molar-refractivity contribution in [3.05, 3.63) is 29.3 Å². The molecule has 0 bridgehead atoms. The maximum Gasteiger partial charge on any atom is 0.251 e. The Morgan fingerprint density at radius 3 is 2.55 bits per heavy atom. The van der Waals surface area contributed by atoms with E-state index in [2.05, 4.69) is 10.6 Å². The predicted octanol–water partition coefficient (Wildman–Crippen LogP) is 2.38. The molecule has 0 aromatic heterocycles. The maximum atomic E-state index is 12.2. The van der Waals surface area contributed by atoms with Gasteiger partial charge in [0.15, 0.2) is 0 Å². The first-order valence-corrected chi connectivity index (χ1v) is 7.79. The lowest BCUT2D eigenvalue weighted by molar-refractivity contribution is -0.122. The largest absolute Gasteiger partial charge is 0.389 e. The summed E-state index contributed by atoms with van der Waals surface area (Å²) in [7, 11) is 1.58. The molecule has 1 fully saturated rings. The fourth-order valence-corrected chi connectivity index (χ4v) is 3.03. The summed E-state index contributed by atoms with van der Waals surface area (Å²) >= 11 is 0. The molecule has 0 saturated heterocycles. The van der Waals surface area contributed by atoms with Crippen molar-refractivity contribution in [1.29, 1.82) is 0 Å². The molecule has 1 aromatic carbocycles. The van der Waals surface area contributed by atoms with E-state index in [0.29, 0.717) is 24.1 Å². The van der Waals surface area contributed by atoms with E-state index in [-0.39, 0.29) is 18.2 Å². The molecule has 5 nitrogen and oxygen atoms in total. The SMILES string of the molecule is CNC(=O)c1cccc(NC(=O)CC2(O)CCCCC2)c1C. The third-order valence-corrected chi connectivity index (χ3v) is 4.35. The van der Waals surface area contributed by atoms with Gasteiger partial charge in [0.05, 0.1) is 12.0 Å². The molecule has 1 aliphatic rings. The van der Waals surface area contributed by atoms with Gasteiger partial charge in [0.25, 0.3) is 5.91 Å². The van der Waals surface area contributed by atoms with Crippen molar-refractivity contribution in [1.82, 2.24) is 5.32 Å². The number of hydrogen-bond acceptors (Lipinski definition) is 3. The van der Waals surface area contributed by atoms with Gasteiger partial charge in [0.1, 0.15) is 0 Å². The van der Waals surface area contributed by atoms with Crippen LogP contribution < -0.4 is 10.6 Å². The highest BCUT2D eigenvalue weighted by atomic mass is 16.3. The Balaban J connectivity index is 2.07. The van der Waals surface area contributed by atoms with Crippen molar-refractivity contribution in [2.75, 3.05) is 12.4 Å². The lowest BCUT2D eigenvalue weighted by Gasteiger charge is -2.31. The van der Waals surface area contributed by atoms with Gasteiger partial charge in [-0.1, -0.05) is 25.3 Å². The highest BCUT2D eigenvalue weighted by molar-refractivity contribution is 5.99. The van der Waals surface area contributed by atoms with Gasteiger partial charge < -0.3 is 15.7 Å². The Kier molecular flexibility index (Phi) is 5.19. The van der Waals surface area contributed by atoms with Crippen LogP contribution in [0.15, 0.2) is 18.2 Å². The van der Waals surface area contributed by atoms with Crippen molar-refractivity contribution in [2.24, 2.45) is 0 Å². The van der Waals surface area contributed by atoms with Gasteiger partial charge in [-0.15, -0.1) is 0 Å². The molecule has 5 heteroatoms. The number of benzene rings is 1. The minimum atomic E-state index is -0.880. The summed E-state index contributed by atoms with van der Waals surface area (Å²) < 4.78 is 0. The Morgan fingerprint density at radius 2 is 1.91 bits per heavy atom. The van der Waals surface area contributed by atoms with Crippen molar-refractivity contribution in [2.45, 2.75) is 51.0 Å². The number of carbonyl (C=O) groups excluding carboxylic acids is 2. The van der Waals surface area contributed by atoms with Crippen LogP contribution in [-0.4, -0.2) is 29.6 Å². The van der Waals surface area contributed by atoms with Crippen molar-refractivity contribution in [3.8, 4) is 0 Å². The second-order valence-corrected chi connectivity index (χ2v) is 6.07. The smallest absolute Gasteiger partial charge is 0.251 e. The second kappa shape index (κ2) is 6.92. The average molecular weight is 304 g/mol. The molecule has 22 heavy (non-hydrogen) atoms. The van der Waals surface area contributed by atoms with Gasteiger partial charge in [-0.05, 0) is 37.5 Å². The molecule has 0 heterocycles. The molecule has 0 atom stereocenters. The van der Waals surface area contributed by atoms with Crippen LogP contribution in [0.3, 0.4) is 0 Å². The van der Waals surface area contributed by atoms with E-state index in [1.165, 1.54) is 0 Å². The summed E-state index contributed by atoms with van der Waals surface area (Å²) in [5.41, 5.74) is 1.00. The first kappa shape index (κ1) is 16.5. The van der Waals surface area contributed by atoms with E-state index in [9.17, 15) is 14.7 Å². The molecule has 0 spiro atoms. The summed E-state index contributed by atoms with van der Waals surface area (Å²) in [5, 5.41) is 15.9.